The van der Waals surface area contributed by atoms with E-state index in [-0.39, 0.29) is 5.56 Å². The Morgan fingerprint density at radius 3 is 2.35 bits per heavy atom. The molecule has 0 unspecified atom stereocenters. The number of hydrogen-bond acceptors (Lipinski definition) is 5. The second-order valence-electron chi connectivity index (χ2n) is 7.97. The standard InChI is InChI=1S/C27H25N3O4/c1-17-6-4-5-7-24(17)30(3)22-13-14-23-18(2)25(15-10-20(23)16-22)34-27(32)28-21-11-8-19(9-12-21)26(31)29-33/h4-16,33H,1-3H3,(H,28,32)(H,29,31). The highest BCUT2D eigenvalue weighted by molar-refractivity contribution is 5.95. The van der Waals surface area contributed by atoms with Gasteiger partial charge in [-0.2, -0.15) is 0 Å². The van der Waals surface area contributed by atoms with Gasteiger partial charge < -0.3 is 9.64 Å². The highest BCUT2D eigenvalue weighted by atomic mass is 16.6. The van der Waals surface area contributed by atoms with Crippen LogP contribution < -0.4 is 20.4 Å². The first-order valence-corrected chi connectivity index (χ1v) is 10.7. The second kappa shape index (κ2) is 9.64. The van der Waals surface area contributed by atoms with Gasteiger partial charge in [-0.05, 0) is 84.3 Å². The highest BCUT2D eigenvalue weighted by Crippen LogP contribution is 2.33. The molecule has 172 valence electrons. The zero-order valence-electron chi connectivity index (χ0n) is 19.1. The first kappa shape index (κ1) is 22.8. The lowest BCUT2D eigenvalue weighted by Crippen LogP contribution is -2.19. The summed E-state index contributed by atoms with van der Waals surface area (Å²) in [5, 5.41) is 13.4. The lowest BCUT2D eigenvalue weighted by molar-refractivity contribution is 0.0706. The zero-order chi connectivity index (χ0) is 24.2. The van der Waals surface area contributed by atoms with E-state index < -0.39 is 12.0 Å². The summed E-state index contributed by atoms with van der Waals surface area (Å²) in [6.45, 7) is 4.00. The molecule has 0 aliphatic rings. The van der Waals surface area contributed by atoms with Crippen molar-refractivity contribution in [1.29, 1.82) is 0 Å². The number of para-hydroxylation sites is 1. The van der Waals surface area contributed by atoms with Crippen molar-refractivity contribution in [2.75, 3.05) is 17.3 Å². The van der Waals surface area contributed by atoms with Gasteiger partial charge in [-0.3, -0.25) is 15.3 Å². The molecule has 4 aromatic rings. The number of carbonyl (C=O) groups is 2. The van der Waals surface area contributed by atoms with E-state index in [0.29, 0.717) is 11.4 Å². The van der Waals surface area contributed by atoms with Crippen LogP contribution in [0.3, 0.4) is 0 Å². The summed E-state index contributed by atoms with van der Waals surface area (Å²) in [5.74, 6) is -0.171. The molecule has 0 radical (unpaired) electrons. The first-order valence-electron chi connectivity index (χ1n) is 10.7. The Morgan fingerprint density at radius 1 is 0.912 bits per heavy atom. The van der Waals surface area contributed by atoms with Crippen LogP contribution in [0.4, 0.5) is 21.9 Å². The maximum atomic E-state index is 12.4. The SMILES string of the molecule is Cc1ccccc1N(C)c1ccc2c(C)c(OC(=O)Nc3ccc(C(=O)NO)cc3)ccc2c1. The van der Waals surface area contributed by atoms with E-state index in [1.54, 1.807) is 23.7 Å². The summed E-state index contributed by atoms with van der Waals surface area (Å²) in [6.07, 6.45) is -0.641. The molecule has 0 aliphatic carbocycles. The van der Waals surface area contributed by atoms with Crippen LogP contribution in [-0.4, -0.2) is 24.3 Å². The number of ether oxygens (including phenoxy) is 1. The van der Waals surface area contributed by atoms with Gasteiger partial charge >= 0.3 is 6.09 Å². The third-order valence-corrected chi connectivity index (χ3v) is 5.78. The molecule has 0 spiro atoms. The second-order valence-corrected chi connectivity index (χ2v) is 7.97. The van der Waals surface area contributed by atoms with Crippen LogP contribution in [0.15, 0.2) is 78.9 Å². The van der Waals surface area contributed by atoms with E-state index in [9.17, 15) is 9.59 Å². The van der Waals surface area contributed by atoms with Crippen molar-refractivity contribution in [1.82, 2.24) is 5.48 Å². The van der Waals surface area contributed by atoms with Crippen LogP contribution in [0.2, 0.25) is 0 Å². The summed E-state index contributed by atoms with van der Waals surface area (Å²) in [6, 6.07) is 24.2. The molecule has 0 fully saturated rings. The number of benzene rings is 4. The highest BCUT2D eigenvalue weighted by Gasteiger charge is 2.13. The van der Waals surface area contributed by atoms with Gasteiger partial charge in [0.15, 0.2) is 0 Å². The van der Waals surface area contributed by atoms with Crippen LogP contribution >= 0.6 is 0 Å². The van der Waals surface area contributed by atoms with E-state index in [2.05, 4.69) is 41.4 Å². The fourth-order valence-corrected chi connectivity index (χ4v) is 3.86. The lowest BCUT2D eigenvalue weighted by Gasteiger charge is -2.22. The number of fused-ring (bicyclic) bond motifs is 1. The van der Waals surface area contributed by atoms with Gasteiger partial charge in [-0.1, -0.05) is 30.3 Å². The number of nitrogens with zero attached hydrogens (tertiary/aromatic N) is 1. The van der Waals surface area contributed by atoms with E-state index in [1.807, 2.05) is 38.2 Å². The zero-order valence-corrected chi connectivity index (χ0v) is 19.1. The summed E-state index contributed by atoms with van der Waals surface area (Å²) in [7, 11) is 2.04. The Balaban J connectivity index is 1.51. The van der Waals surface area contributed by atoms with Crippen molar-refractivity contribution in [2.24, 2.45) is 0 Å². The van der Waals surface area contributed by atoms with Crippen molar-refractivity contribution in [3.05, 3.63) is 95.6 Å². The Bertz CT molecular complexity index is 1370. The molecule has 7 heteroatoms. The number of hydrogen-bond donors (Lipinski definition) is 3. The minimum atomic E-state index is -0.641. The van der Waals surface area contributed by atoms with Crippen LogP contribution in [0.25, 0.3) is 10.8 Å². The molecule has 0 heterocycles. The summed E-state index contributed by atoms with van der Waals surface area (Å²) in [4.78, 5) is 26.0. The summed E-state index contributed by atoms with van der Waals surface area (Å²) >= 11 is 0. The summed E-state index contributed by atoms with van der Waals surface area (Å²) < 4.78 is 5.54. The van der Waals surface area contributed by atoms with Crippen molar-refractivity contribution in [3.8, 4) is 5.75 Å². The molecule has 0 atom stereocenters. The third kappa shape index (κ3) is 4.69. The average molecular weight is 456 g/mol. The van der Waals surface area contributed by atoms with Crippen molar-refractivity contribution >= 4 is 39.8 Å². The number of amides is 2. The van der Waals surface area contributed by atoms with Crippen molar-refractivity contribution < 1.29 is 19.5 Å². The van der Waals surface area contributed by atoms with E-state index in [0.717, 1.165) is 27.7 Å². The molecule has 4 aromatic carbocycles. The molecule has 34 heavy (non-hydrogen) atoms. The van der Waals surface area contributed by atoms with Gasteiger partial charge in [0.05, 0.1) is 0 Å². The molecular weight excluding hydrogens is 430 g/mol. The fraction of sp³-hybridized carbons (Fsp3) is 0.111. The smallest absolute Gasteiger partial charge is 0.410 e. The van der Waals surface area contributed by atoms with E-state index in [1.165, 1.54) is 17.7 Å². The molecule has 3 N–H and O–H groups in total. The Kier molecular flexibility index (Phi) is 6.47. The van der Waals surface area contributed by atoms with Crippen molar-refractivity contribution in [2.45, 2.75) is 13.8 Å². The van der Waals surface area contributed by atoms with Gasteiger partial charge in [0.2, 0.25) is 0 Å². The molecule has 4 rings (SSSR count). The van der Waals surface area contributed by atoms with E-state index >= 15 is 0 Å². The number of anilines is 3. The van der Waals surface area contributed by atoms with Crippen LogP contribution in [0.1, 0.15) is 21.5 Å². The summed E-state index contributed by atoms with van der Waals surface area (Å²) in [5.41, 5.74) is 6.54. The molecule has 0 bridgehead atoms. The van der Waals surface area contributed by atoms with E-state index in [4.69, 9.17) is 9.94 Å². The van der Waals surface area contributed by atoms with Crippen LogP contribution in [-0.2, 0) is 0 Å². The fourth-order valence-electron chi connectivity index (χ4n) is 3.86. The van der Waals surface area contributed by atoms with Gasteiger partial charge in [0.25, 0.3) is 5.91 Å². The Labute approximate surface area is 197 Å². The van der Waals surface area contributed by atoms with Gasteiger partial charge in [-0.15, -0.1) is 0 Å². The topological polar surface area (TPSA) is 90.9 Å². The lowest BCUT2D eigenvalue weighted by atomic mass is 10.0. The minimum Gasteiger partial charge on any atom is -0.410 e. The minimum absolute atomic E-state index is 0.263. The number of carbonyl (C=O) groups excluding carboxylic acids is 2. The third-order valence-electron chi connectivity index (χ3n) is 5.78. The van der Waals surface area contributed by atoms with Gasteiger partial charge in [0, 0.05) is 29.7 Å². The molecule has 0 aromatic heterocycles. The monoisotopic (exact) mass is 455 g/mol. The van der Waals surface area contributed by atoms with Crippen LogP contribution in [0.5, 0.6) is 5.75 Å². The molecule has 0 saturated heterocycles. The molecular formula is C27H25N3O4. The maximum Gasteiger partial charge on any atom is 0.417 e. The molecule has 7 nitrogen and oxygen atoms in total. The number of hydroxylamine groups is 1. The number of nitrogens with one attached hydrogen (secondary N) is 2. The number of rotatable bonds is 5. The first-order chi connectivity index (χ1) is 16.4. The normalized spacial score (nSPS) is 10.6. The Morgan fingerprint density at radius 2 is 1.65 bits per heavy atom. The maximum absolute atomic E-state index is 12.4. The molecule has 2 amide bonds. The predicted molar refractivity (Wildman–Crippen MR) is 133 cm³/mol. The molecule has 0 aliphatic heterocycles. The number of aryl methyl sites for hydroxylation is 2. The van der Waals surface area contributed by atoms with Gasteiger partial charge in [-0.25, -0.2) is 10.3 Å². The average Bonchev–Trinajstić information content (AvgIpc) is 2.85. The molecule has 0 saturated carbocycles. The van der Waals surface area contributed by atoms with Crippen molar-refractivity contribution in [3.63, 3.8) is 0 Å². The predicted octanol–water partition coefficient (Wildman–Crippen LogP) is 5.95. The largest absolute Gasteiger partial charge is 0.417 e. The van der Waals surface area contributed by atoms with Gasteiger partial charge in [0.1, 0.15) is 5.75 Å². The van der Waals surface area contributed by atoms with Crippen LogP contribution in [0, 0.1) is 13.8 Å². The Hall–Kier alpha value is -4.36. The quantitative estimate of drug-likeness (QED) is 0.255.